The second-order valence-corrected chi connectivity index (χ2v) is 4.87. The van der Waals surface area contributed by atoms with Crippen LogP contribution in [0.15, 0.2) is 5.38 Å². The molecule has 1 rings (SSSR count). The average Bonchev–Trinajstić information content (AvgIpc) is 2.59. The summed E-state index contributed by atoms with van der Waals surface area (Å²) in [7, 11) is 2.03. The van der Waals surface area contributed by atoms with E-state index < -0.39 is 0 Å². The van der Waals surface area contributed by atoms with Crippen molar-refractivity contribution in [3.8, 4) is 0 Å². The van der Waals surface area contributed by atoms with Gasteiger partial charge in [-0.15, -0.1) is 11.3 Å². The Morgan fingerprint density at radius 2 is 2.29 bits per heavy atom. The SMILES string of the molecule is CCC(Cc1csc(C)n1)C(C)NC. The molecule has 0 fully saturated rings. The van der Waals surface area contributed by atoms with Crippen molar-refractivity contribution in [3.63, 3.8) is 0 Å². The van der Waals surface area contributed by atoms with Crippen LogP contribution in [-0.2, 0) is 6.42 Å². The summed E-state index contributed by atoms with van der Waals surface area (Å²) in [5.41, 5.74) is 1.25. The van der Waals surface area contributed by atoms with Crippen LogP contribution in [0.3, 0.4) is 0 Å². The monoisotopic (exact) mass is 212 g/mol. The number of nitrogens with one attached hydrogen (secondary N) is 1. The molecular formula is C11H20N2S. The summed E-state index contributed by atoms with van der Waals surface area (Å²) in [5, 5.41) is 6.67. The highest BCUT2D eigenvalue weighted by Crippen LogP contribution is 2.17. The number of hydrogen-bond donors (Lipinski definition) is 1. The second-order valence-electron chi connectivity index (χ2n) is 3.81. The molecule has 1 N–H and O–H groups in total. The lowest BCUT2D eigenvalue weighted by atomic mass is 9.93. The molecule has 2 unspecified atom stereocenters. The van der Waals surface area contributed by atoms with Gasteiger partial charge in [-0.25, -0.2) is 4.98 Å². The highest BCUT2D eigenvalue weighted by atomic mass is 32.1. The second kappa shape index (κ2) is 5.47. The van der Waals surface area contributed by atoms with Gasteiger partial charge in [0, 0.05) is 11.4 Å². The maximum Gasteiger partial charge on any atom is 0.0897 e. The molecule has 0 radical (unpaired) electrons. The standard InChI is InChI=1S/C11H20N2S/c1-5-10(8(2)12-4)6-11-7-14-9(3)13-11/h7-8,10,12H,5-6H2,1-4H3. The zero-order valence-electron chi connectivity index (χ0n) is 9.50. The summed E-state index contributed by atoms with van der Waals surface area (Å²) in [5.74, 6) is 0.696. The van der Waals surface area contributed by atoms with Gasteiger partial charge in [0.1, 0.15) is 0 Å². The average molecular weight is 212 g/mol. The van der Waals surface area contributed by atoms with Crippen LogP contribution in [-0.4, -0.2) is 18.1 Å². The summed E-state index contributed by atoms with van der Waals surface area (Å²) in [6, 6.07) is 0.571. The van der Waals surface area contributed by atoms with Gasteiger partial charge in [-0.3, -0.25) is 0 Å². The maximum absolute atomic E-state index is 4.51. The quantitative estimate of drug-likeness (QED) is 0.811. The van der Waals surface area contributed by atoms with E-state index in [1.807, 2.05) is 7.05 Å². The van der Waals surface area contributed by atoms with Crippen LogP contribution in [0, 0.1) is 12.8 Å². The third-order valence-electron chi connectivity index (χ3n) is 2.82. The minimum absolute atomic E-state index is 0.571. The summed E-state index contributed by atoms with van der Waals surface area (Å²) < 4.78 is 0. The first-order valence-electron chi connectivity index (χ1n) is 5.25. The summed E-state index contributed by atoms with van der Waals surface area (Å²) in [6.07, 6.45) is 2.31. The Hall–Kier alpha value is -0.410. The largest absolute Gasteiger partial charge is 0.317 e. The van der Waals surface area contributed by atoms with Crippen LogP contribution >= 0.6 is 11.3 Å². The first-order valence-corrected chi connectivity index (χ1v) is 6.13. The fourth-order valence-corrected chi connectivity index (χ4v) is 2.31. The first-order chi connectivity index (χ1) is 6.67. The van der Waals surface area contributed by atoms with Gasteiger partial charge < -0.3 is 5.32 Å². The molecule has 2 atom stereocenters. The van der Waals surface area contributed by atoms with Crippen molar-refractivity contribution >= 4 is 11.3 Å². The zero-order valence-corrected chi connectivity index (χ0v) is 10.3. The lowest BCUT2D eigenvalue weighted by molar-refractivity contribution is 0.379. The van der Waals surface area contributed by atoms with Gasteiger partial charge in [0.25, 0.3) is 0 Å². The highest BCUT2D eigenvalue weighted by Gasteiger charge is 2.15. The van der Waals surface area contributed by atoms with Crippen molar-refractivity contribution in [1.29, 1.82) is 0 Å². The summed E-state index contributed by atoms with van der Waals surface area (Å²) >= 11 is 1.74. The molecule has 0 aliphatic heterocycles. The molecule has 0 saturated carbocycles. The summed E-state index contributed by atoms with van der Waals surface area (Å²) in [6.45, 7) is 6.56. The van der Waals surface area contributed by atoms with E-state index in [2.05, 4.69) is 36.5 Å². The summed E-state index contributed by atoms with van der Waals surface area (Å²) in [4.78, 5) is 4.51. The molecule has 0 aromatic carbocycles. The maximum atomic E-state index is 4.51. The van der Waals surface area contributed by atoms with E-state index in [9.17, 15) is 0 Å². The lowest BCUT2D eigenvalue weighted by Crippen LogP contribution is -2.31. The molecule has 1 aromatic rings. The van der Waals surface area contributed by atoms with E-state index in [0.717, 1.165) is 6.42 Å². The Morgan fingerprint density at radius 3 is 2.71 bits per heavy atom. The molecule has 1 heterocycles. The highest BCUT2D eigenvalue weighted by molar-refractivity contribution is 7.09. The van der Waals surface area contributed by atoms with E-state index in [-0.39, 0.29) is 0 Å². The molecular weight excluding hydrogens is 192 g/mol. The molecule has 80 valence electrons. The van der Waals surface area contributed by atoms with E-state index in [4.69, 9.17) is 0 Å². The molecule has 3 heteroatoms. The number of aromatic nitrogens is 1. The number of nitrogens with zero attached hydrogens (tertiary/aromatic N) is 1. The van der Waals surface area contributed by atoms with Crippen LogP contribution in [0.5, 0.6) is 0 Å². The number of aryl methyl sites for hydroxylation is 1. The van der Waals surface area contributed by atoms with Crippen molar-refractivity contribution in [2.75, 3.05) is 7.05 Å². The van der Waals surface area contributed by atoms with Gasteiger partial charge in [-0.1, -0.05) is 13.3 Å². The van der Waals surface area contributed by atoms with E-state index in [0.29, 0.717) is 12.0 Å². The topological polar surface area (TPSA) is 24.9 Å². The third kappa shape index (κ3) is 3.07. The first kappa shape index (κ1) is 11.7. The van der Waals surface area contributed by atoms with Crippen molar-refractivity contribution in [2.24, 2.45) is 5.92 Å². The Kier molecular flexibility index (Phi) is 4.55. The Labute approximate surface area is 90.8 Å². The van der Waals surface area contributed by atoms with Crippen LogP contribution in [0.2, 0.25) is 0 Å². The minimum atomic E-state index is 0.571. The van der Waals surface area contributed by atoms with Crippen molar-refractivity contribution < 1.29 is 0 Å². The Balaban J connectivity index is 2.56. The third-order valence-corrected chi connectivity index (χ3v) is 3.65. The predicted molar refractivity (Wildman–Crippen MR) is 62.9 cm³/mol. The number of thiazole rings is 1. The molecule has 0 amide bonds. The molecule has 2 nitrogen and oxygen atoms in total. The predicted octanol–water partition coefficient (Wildman–Crippen LogP) is 2.63. The Morgan fingerprint density at radius 1 is 1.57 bits per heavy atom. The van der Waals surface area contributed by atoms with Gasteiger partial charge in [-0.2, -0.15) is 0 Å². The Bertz CT molecular complexity index is 270. The molecule has 0 bridgehead atoms. The van der Waals surface area contributed by atoms with Crippen LogP contribution in [0.4, 0.5) is 0 Å². The van der Waals surface area contributed by atoms with Crippen LogP contribution in [0.25, 0.3) is 0 Å². The minimum Gasteiger partial charge on any atom is -0.317 e. The smallest absolute Gasteiger partial charge is 0.0897 e. The van der Waals surface area contributed by atoms with Crippen molar-refractivity contribution in [2.45, 2.75) is 39.7 Å². The van der Waals surface area contributed by atoms with Gasteiger partial charge in [0.2, 0.25) is 0 Å². The van der Waals surface area contributed by atoms with E-state index in [1.54, 1.807) is 11.3 Å². The zero-order chi connectivity index (χ0) is 10.6. The van der Waals surface area contributed by atoms with Gasteiger partial charge in [0.05, 0.1) is 10.7 Å². The van der Waals surface area contributed by atoms with Gasteiger partial charge in [0.15, 0.2) is 0 Å². The molecule has 1 aromatic heterocycles. The molecule has 0 aliphatic carbocycles. The van der Waals surface area contributed by atoms with Gasteiger partial charge in [-0.05, 0) is 33.2 Å². The molecule has 0 aliphatic rings. The number of rotatable bonds is 5. The van der Waals surface area contributed by atoms with Gasteiger partial charge >= 0.3 is 0 Å². The number of hydrogen-bond acceptors (Lipinski definition) is 3. The molecule has 0 saturated heterocycles. The fourth-order valence-electron chi connectivity index (χ4n) is 1.68. The van der Waals surface area contributed by atoms with Crippen molar-refractivity contribution in [3.05, 3.63) is 16.1 Å². The van der Waals surface area contributed by atoms with Crippen LogP contribution < -0.4 is 5.32 Å². The molecule has 0 spiro atoms. The van der Waals surface area contributed by atoms with E-state index in [1.165, 1.54) is 17.1 Å². The molecule has 14 heavy (non-hydrogen) atoms. The van der Waals surface area contributed by atoms with E-state index >= 15 is 0 Å². The lowest BCUT2D eigenvalue weighted by Gasteiger charge is -2.21. The van der Waals surface area contributed by atoms with Crippen molar-refractivity contribution in [1.82, 2.24) is 10.3 Å². The van der Waals surface area contributed by atoms with Crippen LogP contribution in [0.1, 0.15) is 31.0 Å². The fraction of sp³-hybridized carbons (Fsp3) is 0.727. The normalized spacial score (nSPS) is 15.4.